The molecule has 0 aromatic rings. The van der Waals surface area contributed by atoms with Gasteiger partial charge in [-0.3, -0.25) is 0 Å². The van der Waals surface area contributed by atoms with Gasteiger partial charge in [-0.05, 0) is 13.8 Å². The van der Waals surface area contributed by atoms with Crippen LogP contribution in [-0.2, 0) is 4.74 Å². The number of nitrogens with one attached hydrogen (secondary N) is 1. The fourth-order valence-corrected chi connectivity index (χ4v) is 0.777. The molecule has 1 heterocycles. The molecule has 1 rings (SSSR count). The zero-order valence-corrected chi connectivity index (χ0v) is 5.27. The third-order valence-electron chi connectivity index (χ3n) is 1.13. The molecule has 0 bridgehead atoms. The summed E-state index contributed by atoms with van der Waals surface area (Å²) >= 11 is 0. The summed E-state index contributed by atoms with van der Waals surface area (Å²) in [5, 5.41) is 2.77. The van der Waals surface area contributed by atoms with E-state index in [1.807, 2.05) is 6.92 Å². The van der Waals surface area contributed by atoms with Crippen LogP contribution in [0.5, 0.6) is 0 Å². The van der Waals surface area contributed by atoms with Crippen molar-refractivity contribution in [1.82, 2.24) is 5.32 Å². The average Bonchev–Trinajstić information content (AvgIpc) is 1.81. The van der Waals surface area contributed by atoms with Gasteiger partial charge in [-0.25, -0.2) is 0 Å². The highest BCUT2D eigenvalue weighted by Crippen LogP contribution is 2.00. The normalized spacial score (nSPS) is 49.8. The Labute approximate surface area is 53.0 Å². The second-order valence-electron chi connectivity index (χ2n) is 2.11. The van der Waals surface area contributed by atoms with Crippen LogP contribution in [-0.4, -0.2) is 25.2 Å². The zero-order valence-electron chi connectivity index (χ0n) is 7.27. The maximum absolute atomic E-state index is 7.35. The highest BCUT2D eigenvalue weighted by molar-refractivity contribution is 4.66. The van der Waals surface area contributed by atoms with E-state index in [-0.39, 0.29) is 12.2 Å². The molecule has 0 aromatic heterocycles. The minimum absolute atomic E-state index is 0.124. The lowest BCUT2D eigenvalue weighted by atomic mass is 10.3. The number of hydrogen-bond acceptors (Lipinski definition) is 2. The van der Waals surface area contributed by atoms with Crippen molar-refractivity contribution in [2.24, 2.45) is 0 Å². The molecule has 2 atom stereocenters. The first-order valence-electron chi connectivity index (χ1n) is 3.93. The van der Waals surface area contributed by atoms with E-state index in [1.54, 1.807) is 6.92 Å². The third kappa shape index (κ3) is 1.46. The van der Waals surface area contributed by atoms with Gasteiger partial charge in [0, 0.05) is 15.8 Å². The van der Waals surface area contributed by atoms with Gasteiger partial charge in [0.15, 0.2) is 0 Å². The Bertz CT molecular complexity index is 129. The van der Waals surface area contributed by atoms with Gasteiger partial charge in [-0.15, -0.1) is 0 Å². The van der Waals surface area contributed by atoms with E-state index >= 15 is 0 Å². The number of hydrogen-bond donors (Lipinski definition) is 1. The highest BCUT2D eigenvalue weighted by Gasteiger charge is 2.12. The topological polar surface area (TPSA) is 21.3 Å². The molecular weight excluding hydrogens is 102 g/mol. The molecule has 8 heavy (non-hydrogen) atoms. The van der Waals surface area contributed by atoms with Crippen molar-refractivity contribution in [2.75, 3.05) is 13.0 Å². The van der Waals surface area contributed by atoms with Gasteiger partial charge in [0.05, 0.1) is 12.2 Å². The van der Waals surface area contributed by atoms with E-state index in [0.29, 0.717) is 6.54 Å². The molecule has 1 aliphatic rings. The van der Waals surface area contributed by atoms with Crippen LogP contribution >= 0.6 is 0 Å². The van der Waals surface area contributed by atoms with Crippen LogP contribution in [0.4, 0.5) is 0 Å². The Balaban J connectivity index is 2.52. The van der Waals surface area contributed by atoms with Crippen molar-refractivity contribution < 1.29 is 7.48 Å². The molecule has 0 aromatic carbocycles. The number of ether oxygens (including phenoxy) is 1. The molecule has 1 N–H and O–H groups in total. The maximum Gasteiger partial charge on any atom is 0.0675 e. The Morgan fingerprint density at radius 2 is 2.38 bits per heavy atom. The van der Waals surface area contributed by atoms with E-state index in [1.165, 1.54) is 0 Å². The molecule has 1 fully saturated rings. The van der Waals surface area contributed by atoms with Crippen molar-refractivity contribution in [3.05, 3.63) is 0 Å². The Morgan fingerprint density at radius 1 is 1.62 bits per heavy atom. The van der Waals surface area contributed by atoms with E-state index in [4.69, 9.17) is 7.48 Å². The van der Waals surface area contributed by atoms with Gasteiger partial charge in [0.25, 0.3) is 0 Å². The second kappa shape index (κ2) is 2.46. The smallest absolute Gasteiger partial charge is 0.0675 e. The molecule has 0 amide bonds. The third-order valence-corrected chi connectivity index (χ3v) is 1.13. The summed E-state index contributed by atoms with van der Waals surface area (Å²) in [7, 11) is 0. The van der Waals surface area contributed by atoms with E-state index in [9.17, 15) is 0 Å². The van der Waals surface area contributed by atoms with Crippen molar-refractivity contribution in [1.29, 1.82) is 0 Å². The molecule has 0 radical (unpaired) electrons. The molecule has 0 saturated carbocycles. The summed E-state index contributed by atoms with van der Waals surface area (Å²) in [5.74, 6) is 0. The van der Waals surface area contributed by atoms with Crippen molar-refractivity contribution in [3.8, 4) is 0 Å². The first-order chi connectivity index (χ1) is 4.52. The molecule has 2 nitrogen and oxygen atoms in total. The van der Waals surface area contributed by atoms with Crippen molar-refractivity contribution in [3.63, 3.8) is 0 Å². The van der Waals surface area contributed by atoms with Gasteiger partial charge in [-0.1, -0.05) is 0 Å². The number of morpholine rings is 1. The van der Waals surface area contributed by atoms with Gasteiger partial charge in [0.1, 0.15) is 0 Å². The van der Waals surface area contributed by atoms with Crippen molar-refractivity contribution >= 4 is 0 Å². The predicted octanol–water partition coefficient (Wildman–Crippen LogP) is 0.383. The molecule has 1 saturated heterocycles. The quantitative estimate of drug-likeness (QED) is 0.495. The minimum atomic E-state index is -1.35. The summed E-state index contributed by atoms with van der Waals surface area (Å²) in [6, 6.07) is 0. The molecule has 0 spiro atoms. The minimum Gasteiger partial charge on any atom is -0.373 e. The van der Waals surface area contributed by atoms with Gasteiger partial charge in [-0.2, -0.15) is 0 Å². The second-order valence-corrected chi connectivity index (χ2v) is 2.11. The summed E-state index contributed by atoms with van der Waals surface area (Å²) in [4.78, 5) is 0. The van der Waals surface area contributed by atoms with Gasteiger partial charge in [0.2, 0.25) is 0 Å². The maximum atomic E-state index is 7.35. The lowest BCUT2D eigenvalue weighted by Crippen LogP contribution is -2.41. The lowest BCUT2D eigenvalue weighted by molar-refractivity contribution is -0.0166. The van der Waals surface area contributed by atoms with E-state index in [0.717, 1.165) is 0 Å². The molecule has 1 aliphatic heterocycles. The average molecular weight is 117 g/mol. The van der Waals surface area contributed by atoms with Crippen molar-refractivity contribution in [2.45, 2.75) is 26.1 Å². The Kier molecular flexibility index (Phi) is 1.19. The SMILES string of the molecule is [2H]C1([2H])NCC(C)OC1C. The fraction of sp³-hybridized carbons (Fsp3) is 1.00. The van der Waals surface area contributed by atoms with Crippen LogP contribution in [0.2, 0.25) is 0 Å². The molecule has 48 valence electrons. The van der Waals surface area contributed by atoms with Crippen LogP contribution in [0.25, 0.3) is 0 Å². The number of rotatable bonds is 0. The van der Waals surface area contributed by atoms with Gasteiger partial charge >= 0.3 is 0 Å². The van der Waals surface area contributed by atoms with Crippen LogP contribution < -0.4 is 5.32 Å². The largest absolute Gasteiger partial charge is 0.373 e. The molecule has 2 unspecified atom stereocenters. The molecular formula is C6H13NO. The van der Waals surface area contributed by atoms with E-state index in [2.05, 4.69) is 5.32 Å². The summed E-state index contributed by atoms with van der Waals surface area (Å²) in [6.07, 6.45) is -0.227. The monoisotopic (exact) mass is 117 g/mol. The summed E-state index contributed by atoms with van der Waals surface area (Å²) in [6.45, 7) is 2.91. The standard InChI is InChI=1S/C6H13NO/c1-5-3-7-4-6(2)8-5/h5-7H,3-4H2,1-2H3/i3D2. The highest BCUT2D eigenvalue weighted by atomic mass is 16.5. The lowest BCUT2D eigenvalue weighted by Gasteiger charge is -2.25. The molecule has 2 heteroatoms. The molecule has 0 aliphatic carbocycles. The van der Waals surface area contributed by atoms with Gasteiger partial charge < -0.3 is 10.1 Å². The van der Waals surface area contributed by atoms with Crippen LogP contribution in [0.1, 0.15) is 16.6 Å². The summed E-state index contributed by atoms with van der Waals surface area (Å²) in [5.41, 5.74) is 0. The van der Waals surface area contributed by atoms with Crippen LogP contribution in [0, 0.1) is 0 Å². The Hall–Kier alpha value is -0.0800. The first kappa shape index (κ1) is 3.85. The van der Waals surface area contributed by atoms with Crippen LogP contribution in [0.3, 0.4) is 0 Å². The van der Waals surface area contributed by atoms with Crippen LogP contribution in [0.15, 0.2) is 0 Å². The fourth-order valence-electron chi connectivity index (χ4n) is 0.777. The Morgan fingerprint density at radius 3 is 2.88 bits per heavy atom. The zero-order chi connectivity index (χ0) is 7.78. The predicted molar refractivity (Wildman–Crippen MR) is 32.9 cm³/mol. The summed E-state index contributed by atoms with van der Waals surface area (Å²) < 4.78 is 20.0. The first-order valence-corrected chi connectivity index (χ1v) is 2.93. The van der Waals surface area contributed by atoms with E-state index < -0.39 is 6.50 Å².